The summed E-state index contributed by atoms with van der Waals surface area (Å²) in [5, 5.41) is 15.1. The van der Waals surface area contributed by atoms with Gasteiger partial charge in [-0.3, -0.25) is 9.59 Å². The summed E-state index contributed by atoms with van der Waals surface area (Å²) in [6.07, 6.45) is 1.63. The molecule has 2 aromatic carbocycles. The molecule has 1 aliphatic heterocycles. The van der Waals surface area contributed by atoms with E-state index in [9.17, 15) is 14.0 Å². The van der Waals surface area contributed by atoms with Crippen LogP contribution in [0.2, 0.25) is 0 Å². The van der Waals surface area contributed by atoms with Crippen LogP contribution in [-0.4, -0.2) is 38.2 Å². The number of hydrogen-bond acceptors (Lipinski definition) is 5. The summed E-state index contributed by atoms with van der Waals surface area (Å²) in [4.78, 5) is 26.7. The molecule has 1 atom stereocenters. The first-order chi connectivity index (χ1) is 15.1. The molecular formula is C22H17FN6O2. The normalized spacial score (nSPS) is 16.1. The van der Waals surface area contributed by atoms with Gasteiger partial charge in [-0.15, -0.1) is 10.2 Å². The second-order valence-electron chi connectivity index (χ2n) is 7.30. The maximum absolute atomic E-state index is 13.2. The van der Waals surface area contributed by atoms with Crippen molar-refractivity contribution < 1.29 is 14.0 Å². The second-order valence-corrected chi connectivity index (χ2v) is 7.30. The zero-order valence-electron chi connectivity index (χ0n) is 16.3. The quantitative estimate of drug-likeness (QED) is 0.552. The molecule has 0 spiro atoms. The maximum atomic E-state index is 13.2. The van der Waals surface area contributed by atoms with Crippen molar-refractivity contribution in [2.24, 2.45) is 5.92 Å². The Morgan fingerprint density at radius 3 is 2.77 bits per heavy atom. The molecule has 1 unspecified atom stereocenters. The van der Waals surface area contributed by atoms with Gasteiger partial charge in [0.15, 0.2) is 5.65 Å². The minimum Gasteiger partial charge on any atom is -0.326 e. The molecular weight excluding hydrogens is 399 g/mol. The fourth-order valence-electron chi connectivity index (χ4n) is 3.64. The van der Waals surface area contributed by atoms with Crippen LogP contribution in [0.25, 0.3) is 16.9 Å². The van der Waals surface area contributed by atoms with E-state index in [1.165, 1.54) is 35.5 Å². The minimum atomic E-state index is -0.493. The number of rotatable bonds is 4. The summed E-state index contributed by atoms with van der Waals surface area (Å²) in [6, 6.07) is 16.7. The maximum Gasteiger partial charge on any atom is 0.229 e. The predicted octanol–water partition coefficient (Wildman–Crippen LogP) is 2.92. The highest BCUT2D eigenvalue weighted by atomic mass is 19.1. The summed E-state index contributed by atoms with van der Waals surface area (Å²) >= 11 is 0. The van der Waals surface area contributed by atoms with Gasteiger partial charge in [0.25, 0.3) is 0 Å². The largest absolute Gasteiger partial charge is 0.326 e. The highest BCUT2D eigenvalue weighted by Gasteiger charge is 2.35. The van der Waals surface area contributed by atoms with Gasteiger partial charge >= 0.3 is 0 Å². The molecule has 8 nitrogen and oxygen atoms in total. The Balaban J connectivity index is 1.31. The highest BCUT2D eigenvalue weighted by Crippen LogP contribution is 2.27. The Hall–Kier alpha value is -4.14. The molecule has 0 bridgehead atoms. The van der Waals surface area contributed by atoms with Crippen molar-refractivity contribution in [2.75, 3.05) is 16.8 Å². The molecule has 0 aliphatic carbocycles. The van der Waals surface area contributed by atoms with Crippen molar-refractivity contribution in [2.45, 2.75) is 6.42 Å². The topological polar surface area (TPSA) is 92.5 Å². The second kappa shape index (κ2) is 7.60. The molecule has 0 radical (unpaired) electrons. The van der Waals surface area contributed by atoms with Crippen LogP contribution >= 0.6 is 0 Å². The Kier molecular flexibility index (Phi) is 4.62. The van der Waals surface area contributed by atoms with E-state index in [0.29, 0.717) is 22.7 Å². The Morgan fingerprint density at radius 2 is 1.94 bits per heavy atom. The summed E-state index contributed by atoms with van der Waals surface area (Å²) in [6.45, 7) is 0.252. The summed E-state index contributed by atoms with van der Waals surface area (Å²) in [5.41, 5.74) is 3.37. The molecule has 4 aromatic rings. The molecule has 1 N–H and O–H groups in total. The van der Waals surface area contributed by atoms with Gasteiger partial charge in [-0.25, -0.2) is 4.39 Å². The number of nitrogens with one attached hydrogen (secondary N) is 1. The van der Waals surface area contributed by atoms with Gasteiger partial charge in [0.1, 0.15) is 12.1 Å². The number of fused-ring (bicyclic) bond motifs is 1. The van der Waals surface area contributed by atoms with Crippen LogP contribution in [0.15, 0.2) is 67.0 Å². The molecule has 3 heterocycles. The van der Waals surface area contributed by atoms with Crippen LogP contribution in [0.4, 0.5) is 15.8 Å². The highest BCUT2D eigenvalue weighted by molar-refractivity contribution is 6.03. The number of aromatic nitrogens is 4. The first-order valence-electron chi connectivity index (χ1n) is 9.71. The van der Waals surface area contributed by atoms with Crippen molar-refractivity contribution in [1.29, 1.82) is 0 Å². The van der Waals surface area contributed by atoms with Crippen LogP contribution in [-0.2, 0) is 9.59 Å². The number of benzene rings is 2. The van der Waals surface area contributed by atoms with Gasteiger partial charge in [-0.05, 0) is 48.5 Å². The third kappa shape index (κ3) is 3.73. The molecule has 1 fully saturated rings. The van der Waals surface area contributed by atoms with Gasteiger partial charge in [-0.1, -0.05) is 12.1 Å². The molecule has 9 heteroatoms. The molecule has 154 valence electrons. The summed E-state index contributed by atoms with van der Waals surface area (Å²) < 4.78 is 14.7. The molecule has 0 saturated carbocycles. The van der Waals surface area contributed by atoms with Crippen molar-refractivity contribution in [3.8, 4) is 11.3 Å². The molecule has 1 saturated heterocycles. The lowest BCUT2D eigenvalue weighted by Gasteiger charge is -2.16. The van der Waals surface area contributed by atoms with Crippen LogP contribution in [0.3, 0.4) is 0 Å². The van der Waals surface area contributed by atoms with E-state index in [0.717, 1.165) is 5.56 Å². The lowest BCUT2D eigenvalue weighted by atomic mass is 10.1. The number of anilines is 2. The van der Waals surface area contributed by atoms with E-state index in [1.54, 1.807) is 10.6 Å². The molecule has 1 aliphatic rings. The third-order valence-corrected chi connectivity index (χ3v) is 5.22. The number of amides is 2. The van der Waals surface area contributed by atoms with Gasteiger partial charge < -0.3 is 10.2 Å². The fourth-order valence-corrected chi connectivity index (χ4v) is 3.64. The van der Waals surface area contributed by atoms with E-state index in [-0.39, 0.29) is 30.6 Å². The van der Waals surface area contributed by atoms with E-state index in [2.05, 4.69) is 20.6 Å². The van der Waals surface area contributed by atoms with E-state index in [4.69, 9.17) is 0 Å². The number of carbonyl (C=O) groups excluding carboxylic acids is 2. The first kappa shape index (κ1) is 18.9. The van der Waals surface area contributed by atoms with Gasteiger partial charge in [0.2, 0.25) is 11.8 Å². The van der Waals surface area contributed by atoms with Gasteiger partial charge in [0.05, 0.1) is 11.6 Å². The average Bonchev–Trinajstić information content (AvgIpc) is 3.40. The molecule has 31 heavy (non-hydrogen) atoms. The summed E-state index contributed by atoms with van der Waals surface area (Å²) in [7, 11) is 0. The number of nitrogens with zero attached hydrogens (tertiary/aromatic N) is 5. The minimum absolute atomic E-state index is 0.106. The first-order valence-corrected chi connectivity index (χ1v) is 9.71. The SMILES string of the molecule is O=C(Nc1cccc(-c2ccc3nncn3n2)c1)C1CC(=O)N(c2ccc(F)cc2)C1. The van der Waals surface area contributed by atoms with Crippen LogP contribution in [0.5, 0.6) is 0 Å². The fraction of sp³-hybridized carbons (Fsp3) is 0.136. The average molecular weight is 416 g/mol. The van der Waals surface area contributed by atoms with Crippen molar-refractivity contribution in [1.82, 2.24) is 19.8 Å². The van der Waals surface area contributed by atoms with E-state index >= 15 is 0 Å². The van der Waals surface area contributed by atoms with E-state index in [1.807, 2.05) is 30.3 Å². The Bertz CT molecular complexity index is 1290. The zero-order chi connectivity index (χ0) is 21.4. The molecule has 2 amide bonds. The van der Waals surface area contributed by atoms with Crippen molar-refractivity contribution in [3.63, 3.8) is 0 Å². The van der Waals surface area contributed by atoms with E-state index < -0.39 is 5.92 Å². The number of halogens is 1. The van der Waals surface area contributed by atoms with Gasteiger partial charge in [0, 0.05) is 29.9 Å². The van der Waals surface area contributed by atoms with Gasteiger partial charge in [-0.2, -0.15) is 9.61 Å². The number of carbonyl (C=O) groups is 2. The molecule has 2 aromatic heterocycles. The van der Waals surface area contributed by atoms with Crippen molar-refractivity contribution in [3.05, 3.63) is 72.8 Å². The van der Waals surface area contributed by atoms with Crippen LogP contribution in [0, 0.1) is 11.7 Å². The standard InChI is InChI=1S/C22H17FN6O2/c23-16-4-6-18(7-5-16)28-12-15(11-21(28)30)22(31)25-17-3-1-2-14(10-17)19-8-9-20-26-24-13-29(20)27-19/h1-10,13,15H,11-12H2,(H,25,31). The predicted molar refractivity (Wildman–Crippen MR) is 112 cm³/mol. The Labute approximate surface area is 176 Å². The van der Waals surface area contributed by atoms with Crippen LogP contribution in [0.1, 0.15) is 6.42 Å². The Morgan fingerprint density at radius 1 is 1.10 bits per heavy atom. The lowest BCUT2D eigenvalue weighted by molar-refractivity contribution is -0.122. The number of hydrogen-bond donors (Lipinski definition) is 1. The summed E-state index contributed by atoms with van der Waals surface area (Å²) in [5.74, 6) is -1.26. The van der Waals surface area contributed by atoms with Crippen LogP contribution < -0.4 is 10.2 Å². The van der Waals surface area contributed by atoms with Crippen molar-refractivity contribution >= 4 is 28.8 Å². The molecule has 5 rings (SSSR count). The smallest absolute Gasteiger partial charge is 0.229 e. The third-order valence-electron chi connectivity index (χ3n) is 5.22. The monoisotopic (exact) mass is 416 g/mol. The zero-order valence-corrected chi connectivity index (χ0v) is 16.3. The lowest BCUT2D eigenvalue weighted by Crippen LogP contribution is -2.28.